The van der Waals surface area contributed by atoms with E-state index in [1.54, 1.807) is 45.5 Å². The van der Waals surface area contributed by atoms with Crippen molar-refractivity contribution in [1.29, 1.82) is 0 Å². The van der Waals surface area contributed by atoms with Crippen LogP contribution in [0.25, 0.3) is 11.0 Å². The molecule has 9 heteroatoms. The van der Waals surface area contributed by atoms with Gasteiger partial charge in [0.15, 0.2) is 0 Å². The van der Waals surface area contributed by atoms with Crippen molar-refractivity contribution in [3.63, 3.8) is 0 Å². The Morgan fingerprint density at radius 3 is 2.54 bits per heavy atom. The molecule has 0 unspecified atom stereocenters. The quantitative estimate of drug-likeness (QED) is 0.675. The Bertz CT molecular complexity index is 1050. The number of aromatic nitrogens is 3. The molecule has 2 heterocycles. The first-order valence-electron chi connectivity index (χ1n) is 7.61. The molecular formula is C17H20N3NaO4S. The number of aryl methyl sites for hydroxylation is 1. The third-order valence-electron chi connectivity index (χ3n) is 4.04. The SMILES string of the molecule is COc1ccc2[nH]c(S(=O)(=O)Cc3ncc(C)c(OC)c3C)nc2c1.[NaH]. The summed E-state index contributed by atoms with van der Waals surface area (Å²) in [6.45, 7) is 3.66. The number of fused-ring (bicyclic) bond motifs is 1. The van der Waals surface area contributed by atoms with E-state index in [4.69, 9.17) is 9.47 Å². The molecule has 0 saturated carbocycles. The van der Waals surface area contributed by atoms with Gasteiger partial charge in [0, 0.05) is 23.4 Å². The van der Waals surface area contributed by atoms with Crippen LogP contribution in [0.2, 0.25) is 0 Å². The predicted molar refractivity (Wildman–Crippen MR) is 101 cm³/mol. The van der Waals surface area contributed by atoms with Crippen molar-refractivity contribution in [1.82, 2.24) is 15.0 Å². The van der Waals surface area contributed by atoms with Gasteiger partial charge in [-0.15, -0.1) is 0 Å². The standard InChI is InChI=1S/C17H19N3O4S.Na.H/c1-10-8-18-15(11(2)16(10)24-4)9-25(21,22)17-19-13-6-5-12(23-3)7-14(13)20-17;;/h5-8H,9H2,1-4H3,(H,19,20);;. The van der Waals surface area contributed by atoms with Crippen LogP contribution < -0.4 is 9.47 Å². The van der Waals surface area contributed by atoms with Crippen molar-refractivity contribution in [2.75, 3.05) is 14.2 Å². The van der Waals surface area contributed by atoms with Gasteiger partial charge >= 0.3 is 29.6 Å². The van der Waals surface area contributed by atoms with E-state index < -0.39 is 9.84 Å². The molecule has 3 aromatic rings. The third-order valence-corrected chi connectivity index (χ3v) is 5.48. The van der Waals surface area contributed by atoms with Crippen molar-refractivity contribution in [3.05, 3.63) is 41.2 Å². The zero-order chi connectivity index (χ0) is 18.2. The Kier molecular flexibility index (Phi) is 6.33. The summed E-state index contributed by atoms with van der Waals surface area (Å²) in [5.74, 6) is 1.00. The number of benzene rings is 1. The molecule has 0 fully saturated rings. The Balaban J connectivity index is 0.00000243. The van der Waals surface area contributed by atoms with Crippen LogP contribution in [0.5, 0.6) is 11.5 Å². The fourth-order valence-electron chi connectivity index (χ4n) is 2.70. The van der Waals surface area contributed by atoms with Gasteiger partial charge in [-0.3, -0.25) is 4.98 Å². The minimum atomic E-state index is -3.68. The zero-order valence-corrected chi connectivity index (χ0v) is 15.3. The summed E-state index contributed by atoms with van der Waals surface area (Å²) in [6.07, 6.45) is 1.61. The maximum absolute atomic E-state index is 12.8. The van der Waals surface area contributed by atoms with Gasteiger partial charge in [-0.1, -0.05) is 0 Å². The number of hydrogen-bond donors (Lipinski definition) is 1. The van der Waals surface area contributed by atoms with Crippen molar-refractivity contribution in [2.24, 2.45) is 0 Å². The topological polar surface area (TPSA) is 94.2 Å². The van der Waals surface area contributed by atoms with Crippen LogP contribution in [0.1, 0.15) is 16.8 Å². The van der Waals surface area contributed by atoms with Gasteiger partial charge in [-0.2, -0.15) is 0 Å². The molecule has 0 aliphatic heterocycles. The van der Waals surface area contributed by atoms with E-state index in [0.717, 1.165) is 5.56 Å². The summed E-state index contributed by atoms with van der Waals surface area (Å²) in [4.78, 5) is 11.3. The first-order valence-corrected chi connectivity index (χ1v) is 9.26. The number of ether oxygens (including phenoxy) is 2. The van der Waals surface area contributed by atoms with Crippen molar-refractivity contribution >= 4 is 50.4 Å². The van der Waals surface area contributed by atoms with Crippen molar-refractivity contribution in [3.8, 4) is 11.5 Å². The predicted octanol–water partition coefficient (Wildman–Crippen LogP) is 1.92. The molecule has 1 N–H and O–H groups in total. The fourth-order valence-corrected chi connectivity index (χ4v) is 3.99. The molecule has 26 heavy (non-hydrogen) atoms. The second kappa shape index (κ2) is 7.96. The molecule has 0 bridgehead atoms. The van der Waals surface area contributed by atoms with Gasteiger partial charge in [0.25, 0.3) is 0 Å². The van der Waals surface area contributed by atoms with Crippen LogP contribution in [-0.4, -0.2) is 67.1 Å². The molecule has 0 aliphatic carbocycles. The van der Waals surface area contributed by atoms with Crippen molar-refractivity contribution in [2.45, 2.75) is 24.8 Å². The number of hydrogen-bond acceptors (Lipinski definition) is 6. The number of sulfone groups is 1. The average Bonchev–Trinajstić information content (AvgIpc) is 3.02. The molecule has 0 saturated heterocycles. The molecule has 0 atom stereocenters. The Morgan fingerprint density at radius 2 is 1.88 bits per heavy atom. The van der Waals surface area contributed by atoms with E-state index in [0.29, 0.717) is 33.8 Å². The fraction of sp³-hybridized carbons (Fsp3) is 0.294. The summed E-state index contributed by atoms with van der Waals surface area (Å²) in [7, 11) is -0.578. The van der Waals surface area contributed by atoms with E-state index in [9.17, 15) is 8.42 Å². The summed E-state index contributed by atoms with van der Waals surface area (Å²) in [5.41, 5.74) is 3.18. The number of methoxy groups -OCH3 is 2. The monoisotopic (exact) mass is 385 g/mol. The molecule has 7 nitrogen and oxygen atoms in total. The molecule has 1 aromatic carbocycles. The number of nitrogens with one attached hydrogen (secondary N) is 1. The molecule has 3 rings (SSSR count). The first-order chi connectivity index (χ1) is 11.9. The molecule has 0 radical (unpaired) electrons. The molecule has 0 spiro atoms. The third kappa shape index (κ3) is 3.88. The molecule has 2 aromatic heterocycles. The van der Waals surface area contributed by atoms with Gasteiger partial charge in [-0.25, -0.2) is 13.4 Å². The minimum absolute atomic E-state index is 0. The Hall–Kier alpha value is -1.61. The van der Waals surface area contributed by atoms with Gasteiger partial charge < -0.3 is 14.5 Å². The van der Waals surface area contributed by atoms with Crippen LogP contribution in [0.15, 0.2) is 29.6 Å². The van der Waals surface area contributed by atoms with Gasteiger partial charge in [-0.05, 0) is 26.0 Å². The summed E-state index contributed by atoms with van der Waals surface area (Å²) >= 11 is 0. The van der Waals surface area contributed by atoms with Gasteiger partial charge in [0.2, 0.25) is 15.0 Å². The summed E-state index contributed by atoms with van der Waals surface area (Å²) in [5, 5.41) is -0.0866. The molecule has 0 aliphatic rings. The molecule has 134 valence electrons. The van der Waals surface area contributed by atoms with Crippen molar-refractivity contribution < 1.29 is 17.9 Å². The second-order valence-electron chi connectivity index (χ2n) is 5.73. The van der Waals surface area contributed by atoms with Gasteiger partial charge in [0.1, 0.15) is 17.3 Å². The average molecular weight is 385 g/mol. The van der Waals surface area contributed by atoms with Gasteiger partial charge in [0.05, 0.1) is 30.9 Å². The molecular weight excluding hydrogens is 365 g/mol. The molecule has 0 amide bonds. The summed E-state index contributed by atoms with van der Waals surface area (Å²) < 4.78 is 36.0. The van der Waals surface area contributed by atoms with E-state index in [2.05, 4.69) is 15.0 Å². The number of rotatable bonds is 5. The number of nitrogens with zero attached hydrogens (tertiary/aromatic N) is 2. The normalized spacial score (nSPS) is 11.2. The number of pyridine rings is 1. The van der Waals surface area contributed by atoms with Crippen LogP contribution in [0, 0.1) is 13.8 Å². The van der Waals surface area contributed by atoms with Crippen LogP contribution in [0.3, 0.4) is 0 Å². The van der Waals surface area contributed by atoms with Crippen LogP contribution in [0.4, 0.5) is 0 Å². The number of aromatic amines is 1. The van der Waals surface area contributed by atoms with E-state index >= 15 is 0 Å². The first kappa shape index (κ1) is 20.7. The zero-order valence-electron chi connectivity index (χ0n) is 14.5. The maximum atomic E-state index is 12.8. The van der Waals surface area contributed by atoms with E-state index in [1.807, 2.05) is 6.92 Å². The second-order valence-corrected chi connectivity index (χ2v) is 7.64. The Morgan fingerprint density at radius 1 is 1.15 bits per heavy atom. The Labute approximate surface area is 174 Å². The van der Waals surface area contributed by atoms with E-state index in [1.165, 1.54) is 0 Å². The van der Waals surface area contributed by atoms with Crippen LogP contribution >= 0.6 is 0 Å². The summed E-state index contributed by atoms with van der Waals surface area (Å²) in [6, 6.07) is 5.16. The number of H-pyrrole nitrogens is 1. The van der Waals surface area contributed by atoms with Crippen LogP contribution in [-0.2, 0) is 15.6 Å². The van der Waals surface area contributed by atoms with E-state index in [-0.39, 0.29) is 40.5 Å². The number of imidazole rings is 1.